The third kappa shape index (κ3) is 1.75. The van der Waals surface area contributed by atoms with Gasteiger partial charge in [0, 0.05) is 24.5 Å². The van der Waals surface area contributed by atoms with Crippen LogP contribution < -0.4 is 0 Å². The standard InChI is InChI=1S/C11H16N4OS/c1-14(2)8-3-11(4-8)6-15(7-11)10(16)9-5-12-17-13-9/h5,8H,3-4,6-7H2,1-2H3. The number of likely N-dealkylation sites (tertiary alicyclic amines) is 1. The van der Waals surface area contributed by atoms with Crippen LogP contribution in [-0.4, -0.2) is 57.7 Å². The van der Waals surface area contributed by atoms with Gasteiger partial charge in [0.1, 0.15) is 0 Å². The first-order valence-corrected chi connectivity index (χ1v) is 6.56. The van der Waals surface area contributed by atoms with Crippen LogP contribution in [0.4, 0.5) is 0 Å². The molecule has 2 heterocycles. The highest BCUT2D eigenvalue weighted by Crippen LogP contribution is 2.49. The molecule has 1 saturated carbocycles. The van der Waals surface area contributed by atoms with Crippen LogP contribution in [0.1, 0.15) is 23.3 Å². The van der Waals surface area contributed by atoms with Crippen LogP contribution in [0.5, 0.6) is 0 Å². The van der Waals surface area contributed by atoms with Gasteiger partial charge in [-0.15, -0.1) is 0 Å². The van der Waals surface area contributed by atoms with Crippen molar-refractivity contribution < 1.29 is 4.79 Å². The van der Waals surface area contributed by atoms with Gasteiger partial charge in [0.25, 0.3) is 5.91 Å². The van der Waals surface area contributed by atoms with Crippen LogP contribution in [0.25, 0.3) is 0 Å². The van der Waals surface area contributed by atoms with Gasteiger partial charge in [0.05, 0.1) is 17.9 Å². The number of amides is 1. The molecule has 1 saturated heterocycles. The number of hydrogen-bond acceptors (Lipinski definition) is 5. The SMILES string of the molecule is CN(C)C1CC2(C1)CN(C(=O)c1cnsn1)C2. The lowest BCUT2D eigenvalue weighted by Gasteiger charge is -2.60. The van der Waals surface area contributed by atoms with Crippen LogP contribution in [0.2, 0.25) is 0 Å². The zero-order chi connectivity index (χ0) is 12.0. The van der Waals surface area contributed by atoms with Crippen LogP contribution in [0.15, 0.2) is 6.20 Å². The fourth-order valence-electron chi connectivity index (χ4n) is 2.89. The molecule has 1 aromatic rings. The van der Waals surface area contributed by atoms with Gasteiger partial charge >= 0.3 is 0 Å². The van der Waals surface area contributed by atoms with E-state index in [2.05, 4.69) is 27.7 Å². The Kier molecular flexibility index (Phi) is 2.45. The molecular formula is C11H16N4OS. The fraction of sp³-hybridized carbons (Fsp3) is 0.727. The molecule has 1 amide bonds. The highest BCUT2D eigenvalue weighted by molar-refractivity contribution is 6.99. The van der Waals surface area contributed by atoms with E-state index < -0.39 is 0 Å². The molecule has 2 aliphatic rings. The second kappa shape index (κ2) is 3.74. The summed E-state index contributed by atoms with van der Waals surface area (Å²) in [4.78, 5) is 16.1. The average molecular weight is 252 g/mol. The normalized spacial score (nSPS) is 22.6. The van der Waals surface area contributed by atoms with Crippen molar-refractivity contribution in [3.05, 3.63) is 11.9 Å². The lowest BCUT2D eigenvalue weighted by atomic mass is 9.60. The molecule has 6 heteroatoms. The van der Waals surface area contributed by atoms with Crippen molar-refractivity contribution >= 4 is 17.6 Å². The van der Waals surface area contributed by atoms with E-state index in [1.54, 1.807) is 6.20 Å². The highest BCUT2D eigenvalue weighted by Gasteiger charge is 2.54. The van der Waals surface area contributed by atoms with Crippen LogP contribution in [0, 0.1) is 5.41 Å². The third-order valence-electron chi connectivity index (χ3n) is 3.99. The van der Waals surface area contributed by atoms with Crippen molar-refractivity contribution in [2.45, 2.75) is 18.9 Å². The molecule has 1 spiro atoms. The van der Waals surface area contributed by atoms with Gasteiger partial charge in [0.2, 0.25) is 0 Å². The number of nitrogens with zero attached hydrogens (tertiary/aromatic N) is 4. The minimum Gasteiger partial charge on any atom is -0.336 e. The second-order valence-corrected chi connectivity index (χ2v) is 6.04. The summed E-state index contributed by atoms with van der Waals surface area (Å²) in [6.07, 6.45) is 4.00. The van der Waals surface area contributed by atoms with E-state index in [0.29, 0.717) is 17.2 Å². The topological polar surface area (TPSA) is 49.3 Å². The van der Waals surface area contributed by atoms with E-state index in [-0.39, 0.29) is 5.91 Å². The van der Waals surface area contributed by atoms with Crippen molar-refractivity contribution in [3.63, 3.8) is 0 Å². The van der Waals surface area contributed by atoms with E-state index >= 15 is 0 Å². The summed E-state index contributed by atoms with van der Waals surface area (Å²) in [5, 5.41) is 0. The van der Waals surface area contributed by atoms with E-state index in [9.17, 15) is 4.79 Å². The Bertz CT molecular complexity index is 417. The monoisotopic (exact) mass is 252 g/mol. The maximum atomic E-state index is 12.0. The van der Waals surface area contributed by atoms with Gasteiger partial charge in [-0.3, -0.25) is 4.79 Å². The van der Waals surface area contributed by atoms with E-state index in [1.807, 2.05) is 4.90 Å². The van der Waals surface area contributed by atoms with Crippen molar-refractivity contribution in [3.8, 4) is 0 Å². The van der Waals surface area contributed by atoms with Gasteiger partial charge in [0.15, 0.2) is 5.69 Å². The lowest BCUT2D eigenvalue weighted by molar-refractivity contribution is -0.0835. The number of carbonyl (C=O) groups excluding carboxylic acids is 1. The first-order valence-electron chi connectivity index (χ1n) is 5.83. The van der Waals surface area contributed by atoms with Crippen LogP contribution in [-0.2, 0) is 0 Å². The van der Waals surface area contributed by atoms with E-state index in [1.165, 1.54) is 12.8 Å². The van der Waals surface area contributed by atoms with Gasteiger partial charge < -0.3 is 9.80 Å². The summed E-state index contributed by atoms with van der Waals surface area (Å²) < 4.78 is 7.85. The number of hydrogen-bond donors (Lipinski definition) is 0. The molecular weight excluding hydrogens is 236 g/mol. The summed E-state index contributed by atoms with van der Waals surface area (Å²) in [5.74, 6) is 0.0395. The Morgan fingerprint density at radius 3 is 2.76 bits per heavy atom. The Morgan fingerprint density at radius 2 is 2.24 bits per heavy atom. The maximum Gasteiger partial charge on any atom is 0.275 e. The zero-order valence-corrected chi connectivity index (χ0v) is 10.9. The minimum atomic E-state index is 0.0395. The molecule has 1 aliphatic heterocycles. The number of rotatable bonds is 2. The predicted molar refractivity (Wildman–Crippen MR) is 65.0 cm³/mol. The largest absolute Gasteiger partial charge is 0.336 e. The van der Waals surface area contributed by atoms with Crippen LogP contribution in [0.3, 0.4) is 0 Å². The summed E-state index contributed by atoms with van der Waals surface area (Å²) in [7, 11) is 4.25. The van der Waals surface area contributed by atoms with Crippen molar-refractivity contribution in [2.75, 3.05) is 27.2 Å². The number of aromatic nitrogens is 2. The van der Waals surface area contributed by atoms with Crippen molar-refractivity contribution in [2.24, 2.45) is 5.41 Å². The molecule has 1 aliphatic carbocycles. The minimum absolute atomic E-state index is 0.0395. The maximum absolute atomic E-state index is 12.0. The van der Waals surface area contributed by atoms with Gasteiger partial charge in [-0.2, -0.15) is 8.75 Å². The molecule has 92 valence electrons. The van der Waals surface area contributed by atoms with Gasteiger partial charge in [-0.05, 0) is 26.9 Å². The molecule has 0 bridgehead atoms. The zero-order valence-electron chi connectivity index (χ0n) is 10.1. The molecule has 0 radical (unpaired) electrons. The Balaban J connectivity index is 1.54. The summed E-state index contributed by atoms with van der Waals surface area (Å²) in [5.41, 5.74) is 0.905. The third-order valence-corrected chi connectivity index (χ3v) is 4.47. The number of carbonyl (C=O) groups is 1. The molecule has 17 heavy (non-hydrogen) atoms. The second-order valence-electron chi connectivity index (χ2n) is 5.48. The predicted octanol–water partition coefficient (Wildman–Crippen LogP) is 0.704. The summed E-state index contributed by atoms with van der Waals surface area (Å²) >= 11 is 1.09. The summed E-state index contributed by atoms with van der Waals surface area (Å²) in [6.45, 7) is 1.79. The highest BCUT2D eigenvalue weighted by atomic mass is 32.1. The quantitative estimate of drug-likeness (QED) is 0.777. The first kappa shape index (κ1) is 11.1. The van der Waals surface area contributed by atoms with Crippen molar-refractivity contribution in [1.29, 1.82) is 0 Å². The Morgan fingerprint density at radius 1 is 1.53 bits per heavy atom. The first-order chi connectivity index (χ1) is 8.10. The van der Waals surface area contributed by atoms with E-state index in [4.69, 9.17) is 0 Å². The molecule has 0 unspecified atom stereocenters. The summed E-state index contributed by atoms with van der Waals surface area (Å²) in [6, 6.07) is 0.702. The molecule has 1 aromatic heterocycles. The molecule has 3 rings (SSSR count). The molecule has 0 N–H and O–H groups in total. The molecule has 2 fully saturated rings. The smallest absolute Gasteiger partial charge is 0.275 e. The molecule has 0 aromatic carbocycles. The van der Waals surface area contributed by atoms with E-state index in [0.717, 1.165) is 24.8 Å². The molecule has 5 nitrogen and oxygen atoms in total. The fourth-order valence-corrected chi connectivity index (χ4v) is 3.30. The van der Waals surface area contributed by atoms with Gasteiger partial charge in [-0.25, -0.2) is 0 Å². The Labute approximate surface area is 105 Å². The van der Waals surface area contributed by atoms with Gasteiger partial charge in [-0.1, -0.05) is 0 Å². The lowest BCUT2D eigenvalue weighted by Crippen LogP contribution is -2.66. The van der Waals surface area contributed by atoms with Crippen LogP contribution >= 0.6 is 11.7 Å². The van der Waals surface area contributed by atoms with Crippen molar-refractivity contribution in [1.82, 2.24) is 18.5 Å². The molecule has 0 atom stereocenters. The average Bonchev–Trinajstić information content (AvgIpc) is 2.64. The Hall–Kier alpha value is -1.01.